The van der Waals surface area contributed by atoms with Crippen LogP contribution >= 0.6 is 22.9 Å². The van der Waals surface area contributed by atoms with Gasteiger partial charge in [-0.05, 0) is 62.1 Å². The van der Waals surface area contributed by atoms with Gasteiger partial charge in [-0.2, -0.15) is 5.26 Å². The quantitative estimate of drug-likeness (QED) is 0.598. The maximum atomic E-state index is 13.5. The van der Waals surface area contributed by atoms with Crippen molar-refractivity contribution >= 4 is 40.5 Å². The molecule has 0 radical (unpaired) electrons. The molecule has 1 saturated heterocycles. The lowest BCUT2D eigenvalue weighted by Gasteiger charge is -2.14. The highest BCUT2D eigenvalue weighted by molar-refractivity contribution is 7.07. The van der Waals surface area contributed by atoms with Crippen LogP contribution in [-0.2, 0) is 4.79 Å². The number of carbonyl (C=O) groups is 1. The van der Waals surface area contributed by atoms with Crippen molar-refractivity contribution in [2.24, 2.45) is 0 Å². The Hall–Kier alpha value is -3.14. The number of hydrogen-bond acceptors (Lipinski definition) is 4. The summed E-state index contributed by atoms with van der Waals surface area (Å²) >= 11 is 7.27. The van der Waals surface area contributed by atoms with E-state index in [4.69, 9.17) is 11.6 Å². The van der Waals surface area contributed by atoms with Crippen LogP contribution in [-0.4, -0.2) is 28.5 Å². The number of benzene rings is 2. The molecule has 1 fully saturated rings. The summed E-state index contributed by atoms with van der Waals surface area (Å²) in [5, 5.41) is 10.5. The Morgan fingerprint density at radius 3 is 2.56 bits per heavy atom. The Kier molecular flexibility index (Phi) is 6.31. The highest BCUT2D eigenvalue weighted by Gasteiger charge is 2.24. The summed E-state index contributed by atoms with van der Waals surface area (Å²) < 4.78 is 2.29. The van der Waals surface area contributed by atoms with Crippen molar-refractivity contribution in [3.63, 3.8) is 0 Å². The number of thiazole rings is 1. The zero-order valence-corrected chi connectivity index (χ0v) is 19.5. The van der Waals surface area contributed by atoms with Crippen molar-refractivity contribution < 1.29 is 4.79 Å². The van der Waals surface area contributed by atoms with Gasteiger partial charge in [-0.3, -0.25) is 14.2 Å². The van der Waals surface area contributed by atoms with Gasteiger partial charge in [0.1, 0.15) is 10.7 Å². The molecule has 0 bridgehead atoms. The van der Waals surface area contributed by atoms with Gasteiger partial charge in [0.25, 0.3) is 11.5 Å². The van der Waals surface area contributed by atoms with E-state index >= 15 is 0 Å². The maximum absolute atomic E-state index is 13.5. The van der Waals surface area contributed by atoms with Crippen LogP contribution in [0.1, 0.15) is 29.5 Å². The number of aromatic nitrogens is 1. The van der Waals surface area contributed by atoms with Crippen molar-refractivity contribution in [1.82, 2.24) is 9.47 Å². The van der Waals surface area contributed by atoms with Gasteiger partial charge in [0.2, 0.25) is 0 Å². The molecule has 0 aliphatic carbocycles. The van der Waals surface area contributed by atoms with Crippen LogP contribution in [0.15, 0.2) is 47.3 Å². The molecule has 7 heteroatoms. The highest BCUT2D eigenvalue weighted by atomic mass is 35.5. The summed E-state index contributed by atoms with van der Waals surface area (Å²) in [7, 11) is 0. The summed E-state index contributed by atoms with van der Waals surface area (Å²) in [6.45, 7) is 5.16. The molecule has 2 heterocycles. The normalized spacial score (nSPS) is 15.1. The standard InChI is InChI=1S/C25H22ClN3O2S/c1-16-8-9-21(17(2)12-16)29-24(31)22(14-18-6-5-7-19(26)13-18)32-25(29)20(15-27)23(30)28-10-3-4-11-28/h5-9,12-14H,3-4,10-11H2,1-2H3/b22-14+,25-20-. The van der Waals surface area contributed by atoms with Crippen LogP contribution in [0.2, 0.25) is 5.02 Å². The van der Waals surface area contributed by atoms with Crippen molar-refractivity contribution in [1.29, 1.82) is 5.26 Å². The van der Waals surface area contributed by atoms with Gasteiger partial charge >= 0.3 is 0 Å². The third-order valence-corrected chi connectivity index (χ3v) is 6.82. The Morgan fingerprint density at radius 1 is 1.16 bits per heavy atom. The SMILES string of the molecule is Cc1ccc(-n2c(=O)/c(=C\c3cccc(Cl)c3)s/c2=C(/C#N)C(=O)N2CCCC2)c(C)c1. The third-order valence-electron chi connectivity index (χ3n) is 5.50. The number of halogens is 1. The number of nitrogens with zero attached hydrogens (tertiary/aromatic N) is 3. The lowest BCUT2D eigenvalue weighted by Crippen LogP contribution is -2.35. The van der Waals surface area contributed by atoms with Crippen LogP contribution in [0.3, 0.4) is 0 Å². The summed E-state index contributed by atoms with van der Waals surface area (Å²) in [4.78, 5) is 28.4. The monoisotopic (exact) mass is 463 g/mol. The van der Waals surface area contributed by atoms with Crippen molar-refractivity contribution in [3.8, 4) is 11.8 Å². The summed E-state index contributed by atoms with van der Waals surface area (Å²) in [5.74, 6) is -0.320. The molecule has 1 aliphatic rings. The highest BCUT2D eigenvalue weighted by Crippen LogP contribution is 2.16. The zero-order chi connectivity index (χ0) is 22.8. The Bertz CT molecular complexity index is 1420. The second-order valence-corrected chi connectivity index (χ2v) is 9.35. The Morgan fingerprint density at radius 2 is 1.91 bits per heavy atom. The molecule has 3 aromatic rings. The van der Waals surface area contributed by atoms with Gasteiger partial charge < -0.3 is 4.90 Å². The molecule has 1 aliphatic heterocycles. The smallest absolute Gasteiger partial charge is 0.273 e. The van der Waals surface area contributed by atoms with Gasteiger partial charge in [-0.25, -0.2) is 0 Å². The number of hydrogen-bond donors (Lipinski definition) is 0. The molecule has 1 amide bonds. The second-order valence-electron chi connectivity index (χ2n) is 7.89. The molecule has 0 atom stereocenters. The van der Waals surface area contributed by atoms with E-state index in [1.807, 2.05) is 44.2 Å². The third kappa shape index (κ3) is 4.27. The first-order valence-corrected chi connectivity index (χ1v) is 11.6. The summed E-state index contributed by atoms with van der Waals surface area (Å²) in [6.07, 6.45) is 3.59. The molecular weight excluding hydrogens is 442 g/mol. The van der Waals surface area contributed by atoms with Crippen LogP contribution < -0.4 is 14.8 Å². The molecule has 1 aromatic heterocycles. The molecule has 0 unspecified atom stereocenters. The first-order valence-electron chi connectivity index (χ1n) is 10.4. The summed E-state index contributed by atoms with van der Waals surface area (Å²) in [5.41, 5.74) is 3.14. The van der Waals surface area contributed by atoms with E-state index in [9.17, 15) is 14.9 Å². The molecule has 5 nitrogen and oxygen atoms in total. The number of amides is 1. The minimum Gasteiger partial charge on any atom is -0.338 e. The first kappa shape index (κ1) is 22.1. The Balaban J connectivity index is 2.05. The van der Waals surface area contributed by atoms with E-state index in [0.717, 1.165) is 40.9 Å². The van der Waals surface area contributed by atoms with E-state index in [1.165, 1.54) is 4.57 Å². The molecule has 4 rings (SSSR count). The number of likely N-dealkylation sites (tertiary alicyclic amines) is 1. The topological polar surface area (TPSA) is 66.1 Å². The minimum atomic E-state index is -0.320. The lowest BCUT2D eigenvalue weighted by atomic mass is 10.1. The van der Waals surface area contributed by atoms with E-state index in [0.29, 0.717) is 33.0 Å². The van der Waals surface area contributed by atoms with Gasteiger partial charge in [0, 0.05) is 18.1 Å². The molecular formula is C25H22ClN3O2S. The largest absolute Gasteiger partial charge is 0.338 e. The average molecular weight is 464 g/mol. The fraction of sp³-hybridized carbons (Fsp3) is 0.240. The van der Waals surface area contributed by atoms with E-state index in [1.54, 1.807) is 23.1 Å². The van der Waals surface area contributed by atoms with Gasteiger partial charge in [0.15, 0.2) is 5.57 Å². The summed E-state index contributed by atoms with van der Waals surface area (Å²) in [6, 6.07) is 15.1. The molecule has 0 spiro atoms. The predicted molar refractivity (Wildman–Crippen MR) is 128 cm³/mol. The minimum absolute atomic E-state index is 0.000260. The van der Waals surface area contributed by atoms with E-state index in [2.05, 4.69) is 6.07 Å². The number of carbonyl (C=O) groups excluding carboxylic acids is 1. The molecule has 32 heavy (non-hydrogen) atoms. The van der Waals surface area contributed by atoms with Crippen LogP contribution in [0.5, 0.6) is 0 Å². The fourth-order valence-electron chi connectivity index (χ4n) is 3.94. The number of nitriles is 1. The van der Waals surface area contributed by atoms with Gasteiger partial charge in [0.05, 0.1) is 10.2 Å². The lowest BCUT2D eigenvalue weighted by molar-refractivity contribution is -0.123. The first-order chi connectivity index (χ1) is 15.4. The van der Waals surface area contributed by atoms with Gasteiger partial charge in [-0.15, -0.1) is 11.3 Å². The molecule has 0 N–H and O–H groups in total. The van der Waals surface area contributed by atoms with Crippen LogP contribution in [0.4, 0.5) is 0 Å². The maximum Gasteiger partial charge on any atom is 0.273 e. The van der Waals surface area contributed by atoms with Crippen LogP contribution in [0.25, 0.3) is 17.3 Å². The average Bonchev–Trinajstić information content (AvgIpc) is 3.39. The van der Waals surface area contributed by atoms with Crippen LogP contribution in [0, 0.1) is 25.2 Å². The number of aryl methyl sites for hydroxylation is 2. The van der Waals surface area contributed by atoms with Gasteiger partial charge in [-0.1, -0.05) is 41.4 Å². The predicted octanol–water partition coefficient (Wildman–Crippen LogP) is 3.29. The van der Waals surface area contributed by atoms with Crippen molar-refractivity contribution in [3.05, 3.63) is 83.7 Å². The zero-order valence-electron chi connectivity index (χ0n) is 17.9. The molecule has 162 valence electrons. The fourth-order valence-corrected chi connectivity index (χ4v) is 5.23. The van der Waals surface area contributed by atoms with E-state index in [-0.39, 0.29) is 17.0 Å². The van der Waals surface area contributed by atoms with Crippen molar-refractivity contribution in [2.45, 2.75) is 26.7 Å². The molecule has 0 saturated carbocycles. The Labute approximate surface area is 195 Å². The second kappa shape index (κ2) is 9.15. The van der Waals surface area contributed by atoms with Crippen molar-refractivity contribution in [2.75, 3.05) is 13.1 Å². The van der Waals surface area contributed by atoms with E-state index < -0.39 is 0 Å². The number of rotatable bonds is 3. The molecule has 2 aromatic carbocycles.